The molecule has 0 aliphatic carbocycles. The van der Waals surface area contributed by atoms with Crippen LogP contribution in [0.4, 0.5) is 5.69 Å². The van der Waals surface area contributed by atoms with Crippen LogP contribution in [0, 0.1) is 0 Å². The Bertz CT molecular complexity index is 961. The van der Waals surface area contributed by atoms with Gasteiger partial charge in [-0.05, 0) is 36.2 Å². The summed E-state index contributed by atoms with van der Waals surface area (Å²) in [5.74, 6) is -0.280. The van der Waals surface area contributed by atoms with Crippen LogP contribution < -0.4 is 14.4 Å². The summed E-state index contributed by atoms with van der Waals surface area (Å²) in [6.07, 6.45) is 1.38. The molecular weight excluding hydrogens is 394 g/mol. The zero-order valence-electron chi connectivity index (χ0n) is 16.1. The predicted molar refractivity (Wildman–Crippen MR) is 108 cm³/mol. The first-order valence-electron chi connectivity index (χ1n) is 9.19. The van der Waals surface area contributed by atoms with E-state index in [2.05, 4.69) is 0 Å². The van der Waals surface area contributed by atoms with Gasteiger partial charge in [0.1, 0.15) is 5.75 Å². The standard InChI is InChI=1S/C20H23N3O5S/c1-22(14-16-6-3-2-4-7-16)29(26,27)21-19(24)15-28-18-11-9-17(10-12-18)23-13-5-8-20(23)25/h2-4,6-7,9-12H,5,8,13-15H2,1H3,(H,21,24). The topological polar surface area (TPSA) is 96.0 Å². The number of hydrogen-bond acceptors (Lipinski definition) is 5. The van der Waals surface area contributed by atoms with Crippen LogP contribution in [0.5, 0.6) is 5.75 Å². The Balaban J connectivity index is 1.50. The molecule has 8 nitrogen and oxygen atoms in total. The number of amides is 2. The van der Waals surface area contributed by atoms with Crippen molar-refractivity contribution in [2.45, 2.75) is 19.4 Å². The van der Waals surface area contributed by atoms with Crippen molar-refractivity contribution >= 4 is 27.7 Å². The first-order chi connectivity index (χ1) is 13.8. The van der Waals surface area contributed by atoms with Crippen molar-refractivity contribution in [3.8, 4) is 5.75 Å². The monoisotopic (exact) mass is 417 g/mol. The van der Waals surface area contributed by atoms with Gasteiger partial charge in [0, 0.05) is 32.2 Å². The van der Waals surface area contributed by atoms with E-state index in [-0.39, 0.29) is 12.5 Å². The molecule has 0 atom stereocenters. The lowest BCUT2D eigenvalue weighted by Crippen LogP contribution is -2.43. The molecule has 9 heteroatoms. The average Bonchev–Trinajstić information content (AvgIpc) is 3.13. The molecule has 3 rings (SSSR count). The zero-order valence-corrected chi connectivity index (χ0v) is 16.9. The molecule has 0 saturated carbocycles. The Hall–Kier alpha value is -2.91. The second-order valence-electron chi connectivity index (χ2n) is 6.70. The van der Waals surface area contributed by atoms with Gasteiger partial charge in [0.05, 0.1) is 0 Å². The Morgan fingerprint density at radius 3 is 2.45 bits per heavy atom. The van der Waals surface area contributed by atoms with E-state index in [4.69, 9.17) is 4.74 Å². The number of nitrogens with zero attached hydrogens (tertiary/aromatic N) is 2. The highest BCUT2D eigenvalue weighted by Crippen LogP contribution is 2.23. The van der Waals surface area contributed by atoms with Gasteiger partial charge in [0.15, 0.2) is 6.61 Å². The number of benzene rings is 2. The van der Waals surface area contributed by atoms with Crippen molar-refractivity contribution in [1.82, 2.24) is 9.03 Å². The summed E-state index contributed by atoms with van der Waals surface area (Å²) in [5, 5.41) is 0. The molecule has 1 heterocycles. The summed E-state index contributed by atoms with van der Waals surface area (Å²) in [7, 11) is -2.59. The Kier molecular flexibility index (Phi) is 6.50. The molecule has 0 unspecified atom stereocenters. The third-order valence-electron chi connectivity index (χ3n) is 4.49. The minimum absolute atomic E-state index is 0.0860. The summed E-state index contributed by atoms with van der Waals surface area (Å²) in [6.45, 7) is 0.386. The summed E-state index contributed by atoms with van der Waals surface area (Å²) >= 11 is 0. The number of carbonyl (C=O) groups is 2. The molecule has 1 N–H and O–H groups in total. The Morgan fingerprint density at radius 1 is 1.14 bits per heavy atom. The maximum Gasteiger partial charge on any atom is 0.303 e. The molecule has 0 aromatic heterocycles. The SMILES string of the molecule is CN(Cc1ccccc1)S(=O)(=O)NC(=O)COc1ccc(N2CCCC2=O)cc1. The molecule has 2 aromatic carbocycles. The molecular formula is C20H23N3O5S. The van der Waals surface area contributed by atoms with Crippen molar-refractivity contribution < 1.29 is 22.7 Å². The molecule has 0 radical (unpaired) electrons. The van der Waals surface area contributed by atoms with Gasteiger partial charge in [-0.25, -0.2) is 4.72 Å². The van der Waals surface area contributed by atoms with E-state index in [0.717, 1.165) is 22.0 Å². The van der Waals surface area contributed by atoms with Crippen LogP contribution >= 0.6 is 0 Å². The molecule has 2 amide bonds. The lowest BCUT2D eigenvalue weighted by Gasteiger charge is -2.18. The van der Waals surface area contributed by atoms with Crippen LogP contribution in [-0.2, 0) is 26.3 Å². The van der Waals surface area contributed by atoms with E-state index in [0.29, 0.717) is 18.7 Å². The zero-order chi connectivity index (χ0) is 20.9. The highest BCUT2D eigenvalue weighted by Gasteiger charge is 2.22. The van der Waals surface area contributed by atoms with E-state index in [1.54, 1.807) is 41.3 Å². The minimum atomic E-state index is -3.98. The van der Waals surface area contributed by atoms with E-state index < -0.39 is 22.7 Å². The van der Waals surface area contributed by atoms with Gasteiger partial charge in [-0.3, -0.25) is 9.59 Å². The van der Waals surface area contributed by atoms with Crippen LogP contribution in [-0.4, -0.2) is 44.7 Å². The van der Waals surface area contributed by atoms with Crippen molar-refractivity contribution in [2.75, 3.05) is 25.1 Å². The molecule has 1 aliphatic heterocycles. The van der Waals surface area contributed by atoms with Gasteiger partial charge in [-0.1, -0.05) is 30.3 Å². The van der Waals surface area contributed by atoms with Gasteiger partial charge < -0.3 is 9.64 Å². The molecule has 2 aromatic rings. The fourth-order valence-corrected chi connectivity index (χ4v) is 3.79. The fraction of sp³-hybridized carbons (Fsp3) is 0.300. The highest BCUT2D eigenvalue weighted by molar-refractivity contribution is 7.87. The minimum Gasteiger partial charge on any atom is -0.484 e. The lowest BCUT2D eigenvalue weighted by atomic mass is 10.2. The summed E-state index contributed by atoms with van der Waals surface area (Å²) in [6, 6.07) is 15.8. The largest absolute Gasteiger partial charge is 0.484 e. The van der Waals surface area contributed by atoms with Gasteiger partial charge in [-0.2, -0.15) is 12.7 Å². The first kappa shape index (κ1) is 20.8. The summed E-state index contributed by atoms with van der Waals surface area (Å²) in [4.78, 5) is 25.5. The molecule has 154 valence electrons. The van der Waals surface area contributed by atoms with E-state index in [9.17, 15) is 18.0 Å². The Morgan fingerprint density at radius 2 is 1.83 bits per heavy atom. The number of rotatable bonds is 8. The smallest absolute Gasteiger partial charge is 0.303 e. The molecule has 0 bridgehead atoms. The summed E-state index contributed by atoms with van der Waals surface area (Å²) < 4.78 is 33.0. The number of nitrogens with one attached hydrogen (secondary N) is 1. The van der Waals surface area contributed by atoms with Crippen LogP contribution in [0.2, 0.25) is 0 Å². The van der Waals surface area contributed by atoms with Crippen LogP contribution in [0.15, 0.2) is 54.6 Å². The van der Waals surface area contributed by atoms with E-state index in [1.807, 2.05) is 22.9 Å². The fourth-order valence-electron chi connectivity index (χ4n) is 2.97. The molecule has 29 heavy (non-hydrogen) atoms. The van der Waals surface area contributed by atoms with Gasteiger partial charge in [0.25, 0.3) is 5.91 Å². The van der Waals surface area contributed by atoms with Crippen LogP contribution in [0.3, 0.4) is 0 Å². The lowest BCUT2D eigenvalue weighted by molar-refractivity contribution is -0.121. The normalized spacial score (nSPS) is 14.3. The summed E-state index contributed by atoms with van der Waals surface area (Å²) in [5.41, 5.74) is 1.58. The van der Waals surface area contributed by atoms with Gasteiger partial charge in [-0.15, -0.1) is 0 Å². The quantitative estimate of drug-likeness (QED) is 0.705. The number of hydrogen-bond donors (Lipinski definition) is 1. The van der Waals surface area contributed by atoms with Gasteiger partial charge >= 0.3 is 10.2 Å². The maximum absolute atomic E-state index is 12.3. The third kappa shape index (κ3) is 5.55. The third-order valence-corrected chi connectivity index (χ3v) is 5.93. The molecule has 1 saturated heterocycles. The average molecular weight is 417 g/mol. The van der Waals surface area contributed by atoms with E-state index in [1.165, 1.54) is 7.05 Å². The van der Waals surface area contributed by atoms with Gasteiger partial charge in [0.2, 0.25) is 5.91 Å². The second-order valence-corrected chi connectivity index (χ2v) is 8.48. The highest BCUT2D eigenvalue weighted by atomic mass is 32.2. The second kappa shape index (κ2) is 9.06. The van der Waals surface area contributed by atoms with Crippen LogP contribution in [0.1, 0.15) is 18.4 Å². The van der Waals surface area contributed by atoms with Crippen molar-refractivity contribution in [2.24, 2.45) is 0 Å². The maximum atomic E-state index is 12.3. The van der Waals surface area contributed by atoms with Crippen molar-refractivity contribution in [1.29, 1.82) is 0 Å². The first-order valence-corrected chi connectivity index (χ1v) is 10.6. The Labute approximate surface area is 170 Å². The molecule has 1 fully saturated rings. The van der Waals surface area contributed by atoms with Crippen LogP contribution in [0.25, 0.3) is 0 Å². The van der Waals surface area contributed by atoms with E-state index >= 15 is 0 Å². The van der Waals surface area contributed by atoms with Crippen molar-refractivity contribution in [3.63, 3.8) is 0 Å². The molecule has 0 spiro atoms. The number of anilines is 1. The molecule has 1 aliphatic rings. The number of carbonyl (C=O) groups excluding carboxylic acids is 2. The van der Waals surface area contributed by atoms with Crippen molar-refractivity contribution in [3.05, 3.63) is 60.2 Å². The predicted octanol–water partition coefficient (Wildman–Crippen LogP) is 1.69. The number of ether oxygens (including phenoxy) is 1.